The molecule has 1 rings (SSSR count). The first-order chi connectivity index (χ1) is 11.7. The fraction of sp³-hybridized carbons (Fsp3) is 0.500. The summed E-state index contributed by atoms with van der Waals surface area (Å²) in [7, 11) is -2.35. The Kier molecular flexibility index (Phi) is 8.01. The van der Waals surface area contributed by atoms with Crippen LogP contribution in [0.5, 0.6) is 0 Å². The van der Waals surface area contributed by atoms with E-state index in [0.29, 0.717) is 12.2 Å². The van der Waals surface area contributed by atoms with Crippen LogP contribution < -0.4 is 10.0 Å². The molecule has 0 saturated carbocycles. The van der Waals surface area contributed by atoms with Crippen LogP contribution in [0.15, 0.2) is 23.1 Å². The van der Waals surface area contributed by atoms with E-state index in [1.807, 2.05) is 0 Å². The van der Waals surface area contributed by atoms with E-state index >= 15 is 0 Å². The van der Waals surface area contributed by atoms with Gasteiger partial charge in [0.2, 0.25) is 10.0 Å². The van der Waals surface area contributed by atoms with Crippen molar-refractivity contribution in [3.8, 4) is 0 Å². The molecule has 0 heterocycles. The second-order valence-corrected chi connectivity index (χ2v) is 7.24. The van der Waals surface area contributed by atoms with Crippen molar-refractivity contribution in [1.29, 1.82) is 0 Å². The van der Waals surface area contributed by atoms with E-state index in [9.17, 15) is 18.0 Å². The Bertz CT molecular complexity index is 717. The molecule has 1 atom stereocenters. The number of hydrogen-bond acceptors (Lipinski definition) is 6. The van der Waals surface area contributed by atoms with Crippen molar-refractivity contribution in [3.63, 3.8) is 0 Å². The number of amides is 1. The lowest BCUT2D eigenvalue weighted by Gasteiger charge is -2.14. The lowest BCUT2D eigenvalue weighted by atomic mass is 10.2. The van der Waals surface area contributed by atoms with E-state index in [4.69, 9.17) is 9.47 Å². The first-order valence-electron chi connectivity index (χ1n) is 7.70. The van der Waals surface area contributed by atoms with E-state index < -0.39 is 34.5 Å². The van der Waals surface area contributed by atoms with E-state index in [1.54, 1.807) is 26.0 Å². The normalized spacial score (nSPS) is 12.5. The molecule has 0 spiro atoms. The van der Waals surface area contributed by atoms with E-state index in [-0.39, 0.29) is 11.4 Å². The lowest BCUT2D eigenvalue weighted by Crippen LogP contribution is -2.39. The monoisotopic (exact) mass is 372 g/mol. The van der Waals surface area contributed by atoms with Gasteiger partial charge in [-0.25, -0.2) is 8.42 Å². The zero-order valence-electron chi connectivity index (χ0n) is 14.8. The van der Waals surface area contributed by atoms with Gasteiger partial charge >= 0.3 is 5.97 Å². The molecule has 0 aliphatic carbocycles. The van der Waals surface area contributed by atoms with Crippen molar-refractivity contribution < 1.29 is 27.5 Å². The van der Waals surface area contributed by atoms with Crippen LogP contribution >= 0.6 is 0 Å². The highest BCUT2D eigenvalue weighted by atomic mass is 32.2. The third kappa shape index (κ3) is 6.81. The van der Waals surface area contributed by atoms with Gasteiger partial charge in [0.15, 0.2) is 6.10 Å². The predicted molar refractivity (Wildman–Crippen MR) is 91.5 cm³/mol. The summed E-state index contributed by atoms with van der Waals surface area (Å²) in [6.45, 7) is 4.90. The Morgan fingerprint density at radius 2 is 1.92 bits per heavy atom. The zero-order chi connectivity index (χ0) is 19.0. The quantitative estimate of drug-likeness (QED) is 0.476. The van der Waals surface area contributed by atoms with Gasteiger partial charge in [-0.3, -0.25) is 9.59 Å². The molecule has 0 saturated heterocycles. The number of ether oxygens (including phenoxy) is 2. The fourth-order valence-electron chi connectivity index (χ4n) is 1.94. The SMILES string of the molecule is COCCNC(=O)[C@H](C)OC(=O)CNS(=O)(=O)c1cc(C)ccc1C. The number of carbonyl (C=O) groups excluding carboxylic acids is 2. The molecule has 0 bridgehead atoms. The van der Waals surface area contributed by atoms with Gasteiger partial charge in [0.1, 0.15) is 6.54 Å². The van der Waals surface area contributed by atoms with Gasteiger partial charge in [-0.05, 0) is 38.0 Å². The fourth-order valence-corrected chi connectivity index (χ4v) is 3.24. The van der Waals surface area contributed by atoms with Gasteiger partial charge < -0.3 is 14.8 Å². The second kappa shape index (κ2) is 9.50. The van der Waals surface area contributed by atoms with E-state index in [0.717, 1.165) is 5.56 Å². The topological polar surface area (TPSA) is 111 Å². The minimum atomic E-state index is -3.85. The number of sulfonamides is 1. The van der Waals surface area contributed by atoms with Crippen molar-refractivity contribution in [3.05, 3.63) is 29.3 Å². The molecular weight excluding hydrogens is 348 g/mol. The van der Waals surface area contributed by atoms with Gasteiger partial charge in [0.05, 0.1) is 11.5 Å². The molecule has 0 unspecified atom stereocenters. The highest BCUT2D eigenvalue weighted by Gasteiger charge is 2.21. The first-order valence-corrected chi connectivity index (χ1v) is 9.18. The second-order valence-electron chi connectivity index (χ2n) is 5.51. The van der Waals surface area contributed by atoms with Gasteiger partial charge in [-0.1, -0.05) is 12.1 Å². The molecule has 0 aromatic heterocycles. The average Bonchev–Trinajstić information content (AvgIpc) is 2.55. The summed E-state index contributed by atoms with van der Waals surface area (Å²) in [5, 5.41) is 2.52. The minimum absolute atomic E-state index is 0.102. The third-order valence-corrected chi connectivity index (χ3v) is 4.87. The van der Waals surface area contributed by atoms with Crippen LogP contribution in [-0.4, -0.2) is 53.2 Å². The molecule has 1 amide bonds. The summed E-state index contributed by atoms with van der Waals surface area (Å²) in [4.78, 5) is 23.5. The third-order valence-electron chi connectivity index (χ3n) is 3.32. The van der Waals surface area contributed by atoms with Gasteiger partial charge in [0.25, 0.3) is 5.91 Å². The molecule has 140 valence electrons. The molecule has 1 aromatic carbocycles. The molecule has 9 heteroatoms. The van der Waals surface area contributed by atoms with Crippen LogP contribution in [0, 0.1) is 13.8 Å². The molecular formula is C16H24N2O6S. The Morgan fingerprint density at radius 3 is 2.56 bits per heavy atom. The Labute approximate surface area is 147 Å². The minimum Gasteiger partial charge on any atom is -0.452 e. The number of carbonyl (C=O) groups is 2. The highest BCUT2D eigenvalue weighted by Crippen LogP contribution is 2.16. The zero-order valence-corrected chi connectivity index (χ0v) is 15.6. The maximum atomic E-state index is 12.3. The average molecular weight is 372 g/mol. The smallest absolute Gasteiger partial charge is 0.321 e. The summed E-state index contributed by atoms with van der Waals surface area (Å²) in [5.41, 5.74) is 1.35. The summed E-state index contributed by atoms with van der Waals surface area (Å²) in [6.07, 6.45) is -1.03. The van der Waals surface area contributed by atoms with Crippen LogP contribution in [0.25, 0.3) is 0 Å². The van der Waals surface area contributed by atoms with E-state index in [1.165, 1.54) is 20.1 Å². The first kappa shape index (κ1) is 21.1. The molecule has 1 aromatic rings. The Morgan fingerprint density at radius 1 is 1.24 bits per heavy atom. The largest absolute Gasteiger partial charge is 0.452 e. The summed E-state index contributed by atoms with van der Waals surface area (Å²) >= 11 is 0. The molecule has 2 N–H and O–H groups in total. The number of benzene rings is 1. The van der Waals surface area contributed by atoms with Crippen molar-refractivity contribution in [2.45, 2.75) is 31.8 Å². The van der Waals surface area contributed by atoms with E-state index in [2.05, 4.69) is 10.0 Å². The predicted octanol–water partition coefficient (Wildman–Crippen LogP) is 0.276. The van der Waals surface area contributed by atoms with Crippen LogP contribution in [-0.2, 0) is 29.1 Å². The number of methoxy groups -OCH3 is 1. The summed E-state index contributed by atoms with van der Waals surface area (Å²) in [6, 6.07) is 5.01. The molecule has 0 fully saturated rings. The maximum Gasteiger partial charge on any atom is 0.321 e. The summed E-state index contributed by atoms with van der Waals surface area (Å²) in [5.74, 6) is -1.33. The summed E-state index contributed by atoms with van der Waals surface area (Å²) < 4.78 is 36.5. The van der Waals surface area contributed by atoms with Crippen LogP contribution in [0.3, 0.4) is 0 Å². The molecule has 0 aliphatic heterocycles. The van der Waals surface area contributed by atoms with Gasteiger partial charge in [0, 0.05) is 13.7 Å². The number of aryl methyl sites for hydroxylation is 2. The number of esters is 1. The molecule has 0 radical (unpaired) electrons. The van der Waals surface area contributed by atoms with Gasteiger partial charge in [-0.2, -0.15) is 4.72 Å². The van der Waals surface area contributed by atoms with Gasteiger partial charge in [-0.15, -0.1) is 0 Å². The molecule has 8 nitrogen and oxygen atoms in total. The highest BCUT2D eigenvalue weighted by molar-refractivity contribution is 7.89. The molecule has 0 aliphatic rings. The number of hydrogen-bond donors (Lipinski definition) is 2. The van der Waals surface area contributed by atoms with Crippen LogP contribution in [0.2, 0.25) is 0 Å². The maximum absolute atomic E-state index is 12.3. The van der Waals surface area contributed by atoms with Crippen molar-refractivity contribution in [1.82, 2.24) is 10.0 Å². The standard InChI is InChI=1S/C16H24N2O6S/c1-11-5-6-12(2)14(9-11)25(21,22)18-10-15(19)24-13(3)16(20)17-7-8-23-4/h5-6,9,13,18H,7-8,10H2,1-4H3,(H,17,20)/t13-/m0/s1. The van der Waals surface area contributed by atoms with Crippen molar-refractivity contribution in [2.24, 2.45) is 0 Å². The number of rotatable bonds is 9. The Hall–Kier alpha value is -1.97. The number of nitrogens with one attached hydrogen (secondary N) is 2. The van der Waals surface area contributed by atoms with Crippen molar-refractivity contribution >= 4 is 21.9 Å². The lowest BCUT2D eigenvalue weighted by molar-refractivity contribution is -0.153. The van der Waals surface area contributed by atoms with Crippen LogP contribution in [0.1, 0.15) is 18.1 Å². The molecule has 25 heavy (non-hydrogen) atoms. The Balaban J connectivity index is 2.57. The van der Waals surface area contributed by atoms with Crippen molar-refractivity contribution in [2.75, 3.05) is 26.8 Å². The van der Waals surface area contributed by atoms with Crippen LogP contribution in [0.4, 0.5) is 0 Å².